The highest BCUT2D eigenvalue weighted by molar-refractivity contribution is 5.62. The Morgan fingerprint density at radius 2 is 1.62 bits per heavy atom. The fraction of sp³-hybridized carbons (Fsp3) is 0.267. The first-order valence-electron chi connectivity index (χ1n) is 8.08. The first-order valence-corrected chi connectivity index (χ1v) is 5.08. The second-order valence-corrected chi connectivity index (χ2v) is 3.99. The van der Waals surface area contributed by atoms with Crippen LogP contribution in [0.1, 0.15) is 30.5 Å². The first-order chi connectivity index (χ1) is 9.98. The molecule has 0 aliphatic heterocycles. The van der Waals surface area contributed by atoms with Crippen molar-refractivity contribution in [3.8, 4) is 11.3 Å². The summed E-state index contributed by atoms with van der Waals surface area (Å²) >= 11 is 0. The molecule has 1 aromatic heterocycles. The SMILES string of the molecule is [2H]C([2H])([2H])c1cnc(-c2cc(C)cc(C)c2)cc1C([2H])([2H])[2H]. The number of rotatable bonds is 1. The van der Waals surface area contributed by atoms with Crippen molar-refractivity contribution in [2.75, 3.05) is 0 Å². The topological polar surface area (TPSA) is 12.9 Å². The van der Waals surface area contributed by atoms with Crippen molar-refractivity contribution < 1.29 is 8.22 Å². The molecule has 0 saturated carbocycles. The van der Waals surface area contributed by atoms with Gasteiger partial charge in [-0.2, -0.15) is 0 Å². The van der Waals surface area contributed by atoms with Gasteiger partial charge in [0, 0.05) is 20.0 Å². The van der Waals surface area contributed by atoms with E-state index in [1.165, 1.54) is 6.07 Å². The minimum absolute atomic E-state index is 0.170. The number of pyridine rings is 1. The summed E-state index contributed by atoms with van der Waals surface area (Å²) in [6.45, 7) is -1.12. The number of hydrogen-bond donors (Lipinski definition) is 0. The average molecular weight is 217 g/mol. The molecule has 1 heterocycles. The second kappa shape index (κ2) is 4.09. The zero-order valence-corrected chi connectivity index (χ0v) is 9.33. The zero-order chi connectivity index (χ0) is 16.7. The highest BCUT2D eigenvalue weighted by atomic mass is 14.7. The van der Waals surface area contributed by atoms with Crippen LogP contribution in [0.25, 0.3) is 11.3 Å². The minimum Gasteiger partial charge on any atom is -0.256 e. The van der Waals surface area contributed by atoms with Gasteiger partial charge in [-0.25, -0.2) is 0 Å². The summed E-state index contributed by atoms with van der Waals surface area (Å²) in [7, 11) is 0. The van der Waals surface area contributed by atoms with Crippen molar-refractivity contribution in [2.45, 2.75) is 27.6 Å². The number of nitrogens with zero attached hydrogens (tertiary/aromatic N) is 1. The number of benzene rings is 1. The van der Waals surface area contributed by atoms with E-state index in [-0.39, 0.29) is 11.1 Å². The molecular weight excluding hydrogens is 194 g/mol. The molecule has 0 atom stereocenters. The van der Waals surface area contributed by atoms with Gasteiger partial charge in [0.2, 0.25) is 0 Å². The van der Waals surface area contributed by atoms with Gasteiger partial charge in [-0.15, -0.1) is 0 Å². The molecular formula is C15H17N. The third-order valence-electron chi connectivity index (χ3n) is 2.42. The van der Waals surface area contributed by atoms with Crippen molar-refractivity contribution in [1.29, 1.82) is 0 Å². The lowest BCUT2D eigenvalue weighted by Crippen LogP contribution is -1.89. The Labute approximate surface area is 106 Å². The van der Waals surface area contributed by atoms with Crippen LogP contribution < -0.4 is 0 Å². The number of aromatic nitrogens is 1. The number of hydrogen-bond acceptors (Lipinski definition) is 1. The Balaban J connectivity index is 2.66. The van der Waals surface area contributed by atoms with Crippen molar-refractivity contribution in [3.63, 3.8) is 0 Å². The van der Waals surface area contributed by atoms with Gasteiger partial charge in [0.15, 0.2) is 0 Å². The molecule has 16 heavy (non-hydrogen) atoms. The van der Waals surface area contributed by atoms with E-state index in [1.54, 1.807) is 0 Å². The maximum atomic E-state index is 7.59. The molecule has 1 heteroatoms. The number of aryl methyl sites for hydroxylation is 4. The van der Waals surface area contributed by atoms with Crippen LogP contribution >= 0.6 is 0 Å². The predicted octanol–water partition coefficient (Wildman–Crippen LogP) is 3.98. The Morgan fingerprint density at radius 1 is 0.938 bits per heavy atom. The molecule has 0 radical (unpaired) electrons. The normalized spacial score (nSPS) is 17.6. The lowest BCUT2D eigenvalue weighted by atomic mass is 10.0. The van der Waals surface area contributed by atoms with Gasteiger partial charge in [0.25, 0.3) is 0 Å². The average Bonchev–Trinajstić information content (AvgIpc) is 2.34. The maximum Gasteiger partial charge on any atom is 0.0704 e. The highest BCUT2D eigenvalue weighted by Gasteiger charge is 2.02. The van der Waals surface area contributed by atoms with Crippen molar-refractivity contribution in [2.24, 2.45) is 0 Å². The largest absolute Gasteiger partial charge is 0.256 e. The monoisotopic (exact) mass is 217 g/mol. The van der Waals surface area contributed by atoms with E-state index in [2.05, 4.69) is 4.98 Å². The fourth-order valence-corrected chi connectivity index (χ4v) is 1.74. The lowest BCUT2D eigenvalue weighted by Gasteiger charge is -2.06. The van der Waals surface area contributed by atoms with E-state index in [0.717, 1.165) is 22.9 Å². The summed E-state index contributed by atoms with van der Waals surface area (Å²) < 4.78 is 45.2. The van der Waals surface area contributed by atoms with E-state index in [0.29, 0.717) is 5.69 Å². The van der Waals surface area contributed by atoms with E-state index >= 15 is 0 Å². The predicted molar refractivity (Wildman–Crippen MR) is 68.6 cm³/mol. The Hall–Kier alpha value is -1.63. The van der Waals surface area contributed by atoms with Crippen molar-refractivity contribution >= 4 is 0 Å². The van der Waals surface area contributed by atoms with Gasteiger partial charge in [-0.3, -0.25) is 4.98 Å². The van der Waals surface area contributed by atoms with Crippen LogP contribution in [-0.2, 0) is 0 Å². The van der Waals surface area contributed by atoms with E-state index in [1.807, 2.05) is 32.0 Å². The van der Waals surface area contributed by atoms with Crippen LogP contribution in [0.4, 0.5) is 0 Å². The molecule has 82 valence electrons. The molecule has 0 saturated heterocycles. The van der Waals surface area contributed by atoms with Gasteiger partial charge >= 0.3 is 0 Å². The van der Waals surface area contributed by atoms with Gasteiger partial charge in [-0.1, -0.05) is 17.2 Å². The standard InChI is InChI=1S/C15H17N/c1-10-5-11(2)7-14(6-10)15-8-12(3)13(4)9-16-15/h5-9H,1-4H3/i3D3,4D3. The summed E-state index contributed by atoms with van der Waals surface area (Å²) in [4.78, 5) is 4.16. The van der Waals surface area contributed by atoms with E-state index in [9.17, 15) is 0 Å². The van der Waals surface area contributed by atoms with Gasteiger partial charge < -0.3 is 0 Å². The molecule has 2 rings (SSSR count). The van der Waals surface area contributed by atoms with Crippen LogP contribution in [-0.4, -0.2) is 4.98 Å². The lowest BCUT2D eigenvalue weighted by molar-refractivity contribution is 1.21. The quantitative estimate of drug-likeness (QED) is 0.704. The Kier molecular flexibility index (Phi) is 1.44. The highest BCUT2D eigenvalue weighted by Crippen LogP contribution is 2.21. The molecule has 0 fully saturated rings. The van der Waals surface area contributed by atoms with Crippen LogP contribution in [0.15, 0.2) is 30.5 Å². The second-order valence-electron chi connectivity index (χ2n) is 3.99. The fourth-order valence-electron chi connectivity index (χ4n) is 1.74. The molecule has 0 spiro atoms. The Morgan fingerprint density at radius 3 is 2.25 bits per heavy atom. The molecule has 0 aliphatic rings. The molecule has 0 bridgehead atoms. The molecule has 1 aromatic carbocycles. The first kappa shape index (κ1) is 5.62. The molecule has 0 amide bonds. The third-order valence-corrected chi connectivity index (χ3v) is 2.42. The molecule has 0 N–H and O–H groups in total. The van der Waals surface area contributed by atoms with Crippen molar-refractivity contribution in [3.05, 3.63) is 52.7 Å². The van der Waals surface area contributed by atoms with Gasteiger partial charge in [0.05, 0.1) is 5.69 Å². The van der Waals surface area contributed by atoms with Gasteiger partial charge in [-0.05, 0) is 56.9 Å². The summed E-state index contributed by atoms with van der Waals surface area (Å²) in [6.07, 6.45) is 1.15. The van der Waals surface area contributed by atoms with Crippen LogP contribution in [0, 0.1) is 27.6 Å². The molecule has 2 aromatic rings. The minimum atomic E-state index is -2.50. The summed E-state index contributed by atoms with van der Waals surface area (Å²) in [5.74, 6) is 0. The maximum absolute atomic E-state index is 7.59. The summed E-state index contributed by atoms with van der Waals surface area (Å²) in [6, 6.07) is 7.16. The summed E-state index contributed by atoms with van der Waals surface area (Å²) in [5, 5.41) is 0. The smallest absolute Gasteiger partial charge is 0.0704 e. The van der Waals surface area contributed by atoms with Crippen LogP contribution in [0.3, 0.4) is 0 Å². The van der Waals surface area contributed by atoms with Crippen LogP contribution in [0.5, 0.6) is 0 Å². The third kappa shape index (κ3) is 2.13. The van der Waals surface area contributed by atoms with E-state index < -0.39 is 13.7 Å². The molecule has 0 aliphatic carbocycles. The van der Waals surface area contributed by atoms with Gasteiger partial charge in [0.1, 0.15) is 0 Å². The van der Waals surface area contributed by atoms with Crippen molar-refractivity contribution in [1.82, 2.24) is 4.98 Å². The van der Waals surface area contributed by atoms with Crippen LogP contribution in [0.2, 0.25) is 0 Å². The molecule has 0 unspecified atom stereocenters. The molecule has 1 nitrogen and oxygen atoms in total. The summed E-state index contributed by atoms with van der Waals surface area (Å²) in [5.41, 5.74) is 2.92. The van der Waals surface area contributed by atoms with E-state index in [4.69, 9.17) is 8.22 Å². The Bertz CT molecular complexity index is 680. The zero-order valence-electron chi connectivity index (χ0n) is 15.3.